The van der Waals surface area contributed by atoms with Crippen LogP contribution in [0.1, 0.15) is 22.3 Å². The van der Waals surface area contributed by atoms with E-state index in [0.29, 0.717) is 5.75 Å². The SMILES string of the molecule is Cc1cc(C)c(O)c(CCc2ccccc2)c1. The Morgan fingerprint density at radius 1 is 0.941 bits per heavy atom. The molecule has 0 spiro atoms. The first kappa shape index (κ1) is 11.7. The third-order valence-electron chi connectivity index (χ3n) is 3.05. The number of rotatable bonds is 3. The summed E-state index contributed by atoms with van der Waals surface area (Å²) in [5.74, 6) is 0.450. The van der Waals surface area contributed by atoms with Gasteiger partial charge in [0.05, 0.1) is 0 Å². The zero-order chi connectivity index (χ0) is 12.3. The summed E-state index contributed by atoms with van der Waals surface area (Å²) in [5, 5.41) is 10.0. The van der Waals surface area contributed by atoms with Crippen LogP contribution < -0.4 is 0 Å². The Hall–Kier alpha value is -1.76. The molecule has 17 heavy (non-hydrogen) atoms. The van der Waals surface area contributed by atoms with Crippen LogP contribution in [0, 0.1) is 13.8 Å². The van der Waals surface area contributed by atoms with E-state index in [-0.39, 0.29) is 0 Å². The number of hydrogen-bond acceptors (Lipinski definition) is 1. The summed E-state index contributed by atoms with van der Waals surface area (Å²) in [6.45, 7) is 4.02. The summed E-state index contributed by atoms with van der Waals surface area (Å²) >= 11 is 0. The first-order chi connectivity index (χ1) is 8.16. The van der Waals surface area contributed by atoms with Gasteiger partial charge in [-0.3, -0.25) is 0 Å². The molecule has 2 aromatic rings. The Morgan fingerprint density at radius 2 is 1.65 bits per heavy atom. The molecule has 0 heterocycles. The summed E-state index contributed by atoms with van der Waals surface area (Å²) < 4.78 is 0. The van der Waals surface area contributed by atoms with Crippen LogP contribution >= 0.6 is 0 Å². The highest BCUT2D eigenvalue weighted by Crippen LogP contribution is 2.25. The molecule has 0 aliphatic heterocycles. The van der Waals surface area contributed by atoms with Gasteiger partial charge in [-0.15, -0.1) is 0 Å². The van der Waals surface area contributed by atoms with E-state index in [1.165, 1.54) is 11.1 Å². The van der Waals surface area contributed by atoms with Crippen LogP contribution in [0.25, 0.3) is 0 Å². The first-order valence-corrected chi connectivity index (χ1v) is 6.00. The molecular formula is C16H18O. The molecule has 0 fully saturated rings. The first-order valence-electron chi connectivity index (χ1n) is 6.00. The van der Waals surface area contributed by atoms with Gasteiger partial charge in [0, 0.05) is 0 Å². The molecule has 2 rings (SSSR count). The van der Waals surface area contributed by atoms with Crippen molar-refractivity contribution in [2.45, 2.75) is 26.7 Å². The highest BCUT2D eigenvalue weighted by molar-refractivity contribution is 5.43. The lowest BCUT2D eigenvalue weighted by Crippen LogP contribution is -1.94. The zero-order valence-electron chi connectivity index (χ0n) is 10.4. The molecular weight excluding hydrogens is 208 g/mol. The fourth-order valence-corrected chi connectivity index (χ4v) is 2.16. The second kappa shape index (κ2) is 5.05. The van der Waals surface area contributed by atoms with Crippen molar-refractivity contribution in [3.63, 3.8) is 0 Å². The van der Waals surface area contributed by atoms with Gasteiger partial charge >= 0.3 is 0 Å². The topological polar surface area (TPSA) is 20.2 Å². The van der Waals surface area contributed by atoms with Gasteiger partial charge in [-0.1, -0.05) is 48.0 Å². The van der Waals surface area contributed by atoms with Crippen molar-refractivity contribution < 1.29 is 5.11 Å². The molecule has 1 nitrogen and oxygen atoms in total. The van der Waals surface area contributed by atoms with Gasteiger partial charge in [-0.25, -0.2) is 0 Å². The minimum absolute atomic E-state index is 0.450. The minimum Gasteiger partial charge on any atom is -0.507 e. The fourth-order valence-electron chi connectivity index (χ4n) is 2.16. The second-order valence-corrected chi connectivity index (χ2v) is 4.58. The van der Waals surface area contributed by atoms with Gasteiger partial charge in [0.15, 0.2) is 0 Å². The van der Waals surface area contributed by atoms with Crippen molar-refractivity contribution in [3.05, 3.63) is 64.7 Å². The molecule has 0 aliphatic rings. The highest BCUT2D eigenvalue weighted by atomic mass is 16.3. The van der Waals surface area contributed by atoms with Gasteiger partial charge in [0.25, 0.3) is 0 Å². The van der Waals surface area contributed by atoms with E-state index in [4.69, 9.17) is 0 Å². The molecule has 2 aromatic carbocycles. The van der Waals surface area contributed by atoms with Crippen molar-refractivity contribution in [2.24, 2.45) is 0 Å². The summed E-state index contributed by atoms with van der Waals surface area (Å²) in [5.41, 5.74) is 4.54. The highest BCUT2D eigenvalue weighted by Gasteiger charge is 2.05. The molecule has 0 radical (unpaired) electrons. The van der Waals surface area contributed by atoms with Crippen molar-refractivity contribution in [3.8, 4) is 5.75 Å². The van der Waals surface area contributed by atoms with Crippen molar-refractivity contribution >= 4 is 0 Å². The number of aryl methyl sites for hydroxylation is 4. The number of hydrogen-bond donors (Lipinski definition) is 1. The van der Waals surface area contributed by atoms with Gasteiger partial charge < -0.3 is 5.11 Å². The lowest BCUT2D eigenvalue weighted by atomic mass is 9.99. The van der Waals surface area contributed by atoms with E-state index >= 15 is 0 Å². The molecule has 0 atom stereocenters. The second-order valence-electron chi connectivity index (χ2n) is 4.58. The van der Waals surface area contributed by atoms with E-state index in [1.807, 2.05) is 19.1 Å². The minimum atomic E-state index is 0.450. The van der Waals surface area contributed by atoms with Crippen LogP contribution in [0.15, 0.2) is 42.5 Å². The van der Waals surface area contributed by atoms with Gasteiger partial charge in [0.1, 0.15) is 5.75 Å². The fraction of sp³-hybridized carbons (Fsp3) is 0.250. The predicted octanol–water partition coefficient (Wildman–Crippen LogP) is 3.79. The standard InChI is InChI=1S/C16H18O/c1-12-10-13(2)16(17)15(11-12)9-8-14-6-4-3-5-7-14/h3-7,10-11,17H,8-9H2,1-2H3. The molecule has 0 bridgehead atoms. The molecule has 0 saturated carbocycles. The van der Waals surface area contributed by atoms with E-state index in [2.05, 4.69) is 37.3 Å². The number of aromatic hydroxyl groups is 1. The van der Waals surface area contributed by atoms with Crippen LogP contribution in [-0.4, -0.2) is 5.11 Å². The monoisotopic (exact) mass is 226 g/mol. The zero-order valence-corrected chi connectivity index (χ0v) is 10.4. The van der Waals surface area contributed by atoms with E-state index in [1.54, 1.807) is 0 Å². The van der Waals surface area contributed by atoms with Crippen LogP contribution in [0.5, 0.6) is 5.75 Å². The molecule has 0 aromatic heterocycles. The molecule has 0 aliphatic carbocycles. The van der Waals surface area contributed by atoms with Crippen molar-refractivity contribution in [2.75, 3.05) is 0 Å². The average Bonchev–Trinajstić information content (AvgIpc) is 2.33. The van der Waals surface area contributed by atoms with Crippen molar-refractivity contribution in [1.29, 1.82) is 0 Å². The lowest BCUT2D eigenvalue weighted by molar-refractivity contribution is 0.463. The Bertz CT molecular complexity index is 500. The Morgan fingerprint density at radius 3 is 2.35 bits per heavy atom. The normalized spacial score (nSPS) is 10.5. The van der Waals surface area contributed by atoms with Crippen LogP contribution in [0.4, 0.5) is 0 Å². The van der Waals surface area contributed by atoms with E-state index in [0.717, 1.165) is 24.0 Å². The average molecular weight is 226 g/mol. The third-order valence-corrected chi connectivity index (χ3v) is 3.05. The molecule has 1 N–H and O–H groups in total. The van der Waals surface area contributed by atoms with Crippen LogP contribution in [-0.2, 0) is 12.8 Å². The smallest absolute Gasteiger partial charge is 0.121 e. The Kier molecular flexibility index (Phi) is 3.48. The Balaban J connectivity index is 2.14. The third kappa shape index (κ3) is 2.88. The summed E-state index contributed by atoms with van der Waals surface area (Å²) in [7, 11) is 0. The number of phenolic OH excluding ortho intramolecular Hbond substituents is 1. The lowest BCUT2D eigenvalue weighted by Gasteiger charge is -2.09. The van der Waals surface area contributed by atoms with E-state index < -0.39 is 0 Å². The number of phenols is 1. The molecule has 1 heteroatoms. The summed E-state index contributed by atoms with van der Waals surface area (Å²) in [6, 6.07) is 14.5. The van der Waals surface area contributed by atoms with Crippen LogP contribution in [0.2, 0.25) is 0 Å². The number of benzene rings is 2. The molecule has 88 valence electrons. The molecule has 0 saturated heterocycles. The van der Waals surface area contributed by atoms with Gasteiger partial charge in [-0.05, 0) is 43.4 Å². The van der Waals surface area contributed by atoms with Crippen molar-refractivity contribution in [1.82, 2.24) is 0 Å². The molecule has 0 amide bonds. The predicted molar refractivity (Wildman–Crippen MR) is 71.4 cm³/mol. The summed E-state index contributed by atoms with van der Waals surface area (Å²) in [6.07, 6.45) is 1.86. The maximum Gasteiger partial charge on any atom is 0.121 e. The van der Waals surface area contributed by atoms with E-state index in [9.17, 15) is 5.11 Å². The van der Waals surface area contributed by atoms with Gasteiger partial charge in [0.2, 0.25) is 0 Å². The quantitative estimate of drug-likeness (QED) is 0.844. The maximum atomic E-state index is 10.0. The molecule has 0 unspecified atom stereocenters. The Labute approximate surface area is 103 Å². The summed E-state index contributed by atoms with van der Waals surface area (Å²) in [4.78, 5) is 0. The van der Waals surface area contributed by atoms with Gasteiger partial charge in [-0.2, -0.15) is 0 Å². The maximum absolute atomic E-state index is 10.0. The van der Waals surface area contributed by atoms with Crippen LogP contribution in [0.3, 0.4) is 0 Å². The largest absolute Gasteiger partial charge is 0.507 e.